The van der Waals surface area contributed by atoms with Crippen molar-refractivity contribution >= 4 is 17.6 Å². The number of nitrogens with one attached hydrogen (secondary N) is 3. The summed E-state index contributed by atoms with van der Waals surface area (Å²) in [7, 11) is 0. The molecule has 1 aliphatic rings. The predicted molar refractivity (Wildman–Crippen MR) is 107 cm³/mol. The van der Waals surface area contributed by atoms with Crippen molar-refractivity contribution in [3.05, 3.63) is 60.2 Å². The zero-order valence-electron chi connectivity index (χ0n) is 16.0. The highest BCUT2D eigenvalue weighted by Crippen LogP contribution is 2.19. The summed E-state index contributed by atoms with van der Waals surface area (Å²) in [5.74, 6) is -0.0376. The molecule has 0 unspecified atom stereocenters. The van der Waals surface area contributed by atoms with Gasteiger partial charge in [0.15, 0.2) is 6.04 Å². The van der Waals surface area contributed by atoms with E-state index >= 15 is 0 Å². The Balaban J connectivity index is 1.71. The van der Waals surface area contributed by atoms with Crippen LogP contribution in [0, 0.1) is 0 Å². The highest BCUT2D eigenvalue weighted by molar-refractivity contribution is 5.96. The van der Waals surface area contributed by atoms with Crippen LogP contribution in [0.15, 0.2) is 54.6 Å². The summed E-state index contributed by atoms with van der Waals surface area (Å²) in [6.45, 7) is 5.39. The third-order valence-corrected chi connectivity index (χ3v) is 5.00. The molecule has 2 aromatic carbocycles. The Morgan fingerprint density at radius 1 is 1.07 bits per heavy atom. The molecule has 0 aromatic heterocycles. The van der Waals surface area contributed by atoms with Crippen molar-refractivity contribution in [1.29, 1.82) is 0 Å². The minimum Gasteiger partial charge on any atom is -0.508 e. The molecule has 0 radical (unpaired) electrons. The molecular weight excluding hydrogens is 356 g/mol. The zero-order valence-corrected chi connectivity index (χ0v) is 16.0. The van der Waals surface area contributed by atoms with Crippen LogP contribution in [0.4, 0.5) is 10.5 Å². The molecule has 0 aliphatic carbocycles. The number of hydrogen-bond acceptors (Lipinski definition) is 4. The van der Waals surface area contributed by atoms with Crippen molar-refractivity contribution in [2.24, 2.45) is 0 Å². The molecule has 1 aliphatic heterocycles. The molecule has 0 saturated carbocycles. The lowest BCUT2D eigenvalue weighted by Crippen LogP contribution is -3.16. The topological polar surface area (TPSA) is 86.1 Å². The average Bonchev–Trinajstić information content (AvgIpc) is 2.70. The van der Waals surface area contributed by atoms with Gasteiger partial charge in [-0.3, -0.25) is 10.1 Å². The summed E-state index contributed by atoms with van der Waals surface area (Å²) in [6, 6.07) is 15.9. The third-order valence-electron chi connectivity index (χ3n) is 5.00. The molecule has 1 atom stereocenters. The van der Waals surface area contributed by atoms with E-state index in [0.29, 0.717) is 6.54 Å². The number of carbonyl (C=O) groups is 2. The molecule has 3 amide bonds. The molecule has 4 N–H and O–H groups in total. The minimum absolute atomic E-state index is 0.249. The summed E-state index contributed by atoms with van der Waals surface area (Å²) >= 11 is 0. The number of aromatic hydroxyl groups is 1. The van der Waals surface area contributed by atoms with Crippen LogP contribution in [0.5, 0.6) is 5.75 Å². The molecule has 7 heteroatoms. The van der Waals surface area contributed by atoms with Gasteiger partial charge in [-0.25, -0.2) is 4.79 Å². The van der Waals surface area contributed by atoms with Gasteiger partial charge in [0.1, 0.15) is 5.75 Å². The number of imide groups is 1. The Morgan fingerprint density at radius 2 is 1.71 bits per heavy atom. The Hall–Kier alpha value is -3.06. The van der Waals surface area contributed by atoms with Crippen LogP contribution < -0.4 is 20.4 Å². The molecule has 148 valence electrons. The van der Waals surface area contributed by atoms with E-state index in [9.17, 15) is 14.7 Å². The van der Waals surface area contributed by atoms with E-state index in [1.807, 2.05) is 49.4 Å². The highest BCUT2D eigenvalue weighted by Gasteiger charge is 2.35. The van der Waals surface area contributed by atoms with Gasteiger partial charge in [-0.2, -0.15) is 0 Å². The van der Waals surface area contributed by atoms with E-state index < -0.39 is 12.1 Å². The maximum absolute atomic E-state index is 12.9. The van der Waals surface area contributed by atoms with Crippen LogP contribution in [0.1, 0.15) is 18.5 Å². The average molecular weight is 383 g/mol. The SMILES string of the molecule is CCNC(=O)NC(=O)[C@H](c1ccccc1)[NH+]1CCN(c2ccc(O)cc2)CC1. The lowest BCUT2D eigenvalue weighted by atomic mass is 10.0. The lowest BCUT2D eigenvalue weighted by Gasteiger charge is -2.37. The fraction of sp³-hybridized carbons (Fsp3) is 0.333. The number of anilines is 1. The number of phenols is 1. The van der Waals surface area contributed by atoms with Gasteiger partial charge in [0, 0.05) is 17.8 Å². The second-order valence-electron chi connectivity index (χ2n) is 6.85. The number of phenolic OH excluding ortho intramolecular Hbond substituents is 1. The Bertz CT molecular complexity index is 787. The maximum atomic E-state index is 12.9. The van der Waals surface area contributed by atoms with Gasteiger partial charge in [0.2, 0.25) is 0 Å². The summed E-state index contributed by atoms with van der Waals surface area (Å²) in [5, 5.41) is 14.6. The predicted octanol–water partition coefficient (Wildman–Crippen LogP) is 0.684. The van der Waals surface area contributed by atoms with E-state index in [0.717, 1.165) is 42.3 Å². The number of quaternary nitrogens is 1. The van der Waals surface area contributed by atoms with E-state index in [1.165, 1.54) is 0 Å². The number of amides is 3. The summed E-state index contributed by atoms with van der Waals surface area (Å²) in [4.78, 5) is 28.1. The first-order chi connectivity index (χ1) is 13.6. The molecule has 1 fully saturated rings. The van der Waals surface area contributed by atoms with E-state index in [4.69, 9.17) is 0 Å². The van der Waals surface area contributed by atoms with Crippen LogP contribution >= 0.6 is 0 Å². The molecule has 1 heterocycles. The monoisotopic (exact) mass is 383 g/mol. The lowest BCUT2D eigenvalue weighted by molar-refractivity contribution is -0.922. The summed E-state index contributed by atoms with van der Waals surface area (Å²) in [6.07, 6.45) is 0. The maximum Gasteiger partial charge on any atom is 0.321 e. The van der Waals surface area contributed by atoms with Crippen molar-refractivity contribution in [3.63, 3.8) is 0 Å². The molecule has 1 saturated heterocycles. The van der Waals surface area contributed by atoms with Crippen molar-refractivity contribution in [1.82, 2.24) is 10.6 Å². The minimum atomic E-state index is -0.462. The Morgan fingerprint density at radius 3 is 2.32 bits per heavy atom. The quantitative estimate of drug-likeness (QED) is 0.612. The number of benzene rings is 2. The molecule has 2 aromatic rings. The second kappa shape index (κ2) is 9.23. The fourth-order valence-corrected chi connectivity index (χ4v) is 3.61. The smallest absolute Gasteiger partial charge is 0.321 e. The number of hydrogen-bond donors (Lipinski definition) is 4. The van der Waals surface area contributed by atoms with Crippen LogP contribution in [0.2, 0.25) is 0 Å². The third kappa shape index (κ3) is 4.80. The standard InChI is InChI=1S/C21H26N4O3/c1-2-22-21(28)23-20(27)19(16-6-4-3-5-7-16)25-14-12-24(13-15-25)17-8-10-18(26)11-9-17/h3-11,19,26H,2,12-15H2,1H3,(H2,22,23,27,28)/p+1/t19-/m0/s1. The molecule has 28 heavy (non-hydrogen) atoms. The molecule has 0 bridgehead atoms. The summed E-state index contributed by atoms with van der Waals surface area (Å²) in [5.41, 5.74) is 1.96. The van der Waals surface area contributed by atoms with Crippen molar-refractivity contribution in [2.75, 3.05) is 37.6 Å². The molecular formula is C21H27N4O3+. The molecule has 7 nitrogen and oxygen atoms in total. The first-order valence-corrected chi connectivity index (χ1v) is 9.60. The highest BCUT2D eigenvalue weighted by atomic mass is 16.3. The van der Waals surface area contributed by atoms with Crippen LogP contribution in [0.3, 0.4) is 0 Å². The second-order valence-corrected chi connectivity index (χ2v) is 6.85. The number of piperazine rings is 1. The first-order valence-electron chi connectivity index (χ1n) is 9.60. The van der Waals surface area contributed by atoms with Gasteiger partial charge >= 0.3 is 6.03 Å². The van der Waals surface area contributed by atoms with Gasteiger partial charge < -0.3 is 20.2 Å². The van der Waals surface area contributed by atoms with Crippen LogP contribution in [0.25, 0.3) is 0 Å². The van der Waals surface area contributed by atoms with Gasteiger partial charge in [-0.15, -0.1) is 0 Å². The van der Waals surface area contributed by atoms with Crippen molar-refractivity contribution in [2.45, 2.75) is 13.0 Å². The molecule has 0 spiro atoms. The van der Waals surface area contributed by atoms with Crippen LogP contribution in [-0.4, -0.2) is 49.8 Å². The van der Waals surface area contributed by atoms with Crippen LogP contribution in [-0.2, 0) is 4.79 Å². The molecule has 3 rings (SSSR count). The first kappa shape index (κ1) is 19.7. The van der Waals surface area contributed by atoms with Gasteiger partial charge in [0.05, 0.1) is 26.2 Å². The number of nitrogens with zero attached hydrogens (tertiary/aromatic N) is 1. The van der Waals surface area contributed by atoms with E-state index in [1.54, 1.807) is 12.1 Å². The Labute approximate surface area is 165 Å². The van der Waals surface area contributed by atoms with Crippen molar-refractivity contribution < 1.29 is 19.6 Å². The Kier molecular flexibility index (Phi) is 6.49. The fourth-order valence-electron chi connectivity index (χ4n) is 3.61. The zero-order chi connectivity index (χ0) is 19.9. The van der Waals surface area contributed by atoms with Gasteiger partial charge in [-0.1, -0.05) is 30.3 Å². The largest absolute Gasteiger partial charge is 0.508 e. The van der Waals surface area contributed by atoms with Crippen molar-refractivity contribution in [3.8, 4) is 5.75 Å². The van der Waals surface area contributed by atoms with Gasteiger partial charge in [-0.05, 0) is 31.2 Å². The number of urea groups is 1. The number of rotatable bonds is 5. The van der Waals surface area contributed by atoms with Gasteiger partial charge in [0.25, 0.3) is 5.91 Å². The summed E-state index contributed by atoms with van der Waals surface area (Å²) < 4.78 is 0. The van der Waals surface area contributed by atoms with E-state index in [2.05, 4.69) is 15.5 Å². The van der Waals surface area contributed by atoms with E-state index in [-0.39, 0.29) is 11.7 Å². The normalized spacial score (nSPS) is 15.7. The number of carbonyl (C=O) groups excluding carboxylic acids is 2.